The second-order valence-electron chi connectivity index (χ2n) is 7.41. The molecule has 0 saturated heterocycles. The Morgan fingerprint density at radius 1 is 0.321 bits per heavy atom. The topological polar surface area (TPSA) is 25.8 Å². The lowest BCUT2D eigenvalue weighted by Crippen LogP contribution is -1.93. The van der Waals surface area contributed by atoms with Crippen molar-refractivity contribution in [3.05, 3.63) is 84.9 Å². The first kappa shape index (κ1) is 14.3. The first-order valence-electron chi connectivity index (χ1n) is 9.54. The van der Waals surface area contributed by atoms with Gasteiger partial charge in [-0.15, -0.1) is 0 Å². The van der Waals surface area contributed by atoms with Crippen molar-refractivity contribution in [2.75, 3.05) is 0 Å². The average Bonchev–Trinajstić information content (AvgIpc) is 2.75. The third-order valence-corrected chi connectivity index (χ3v) is 5.95. The van der Waals surface area contributed by atoms with Gasteiger partial charge in [-0.3, -0.25) is 0 Å². The van der Waals surface area contributed by atoms with Crippen molar-refractivity contribution in [1.29, 1.82) is 0 Å². The highest BCUT2D eigenvalue weighted by atomic mass is 14.7. The van der Waals surface area contributed by atoms with Crippen LogP contribution in [-0.2, 0) is 0 Å². The van der Waals surface area contributed by atoms with Crippen molar-refractivity contribution in [3.8, 4) is 0 Å². The molecule has 7 rings (SSSR count). The molecule has 2 heteroatoms. The van der Waals surface area contributed by atoms with Crippen molar-refractivity contribution in [3.63, 3.8) is 0 Å². The van der Waals surface area contributed by atoms with Gasteiger partial charge in [-0.2, -0.15) is 0 Å². The first-order valence-corrected chi connectivity index (χ1v) is 9.54. The number of rotatable bonds is 0. The maximum absolute atomic E-state index is 4.98. The van der Waals surface area contributed by atoms with E-state index < -0.39 is 0 Å². The fourth-order valence-corrected chi connectivity index (χ4v) is 4.86. The SMILES string of the molecule is c1ccc2c(c1)nc1cccc3c1c2c1cccc2nc4ccccc4c3c21. The normalized spacial score (nSPS) is 12.3. The van der Waals surface area contributed by atoms with Gasteiger partial charge in [0.15, 0.2) is 0 Å². The molecule has 0 aliphatic heterocycles. The molecular formula is C26H14N2. The molecule has 0 saturated carbocycles. The van der Waals surface area contributed by atoms with Crippen LogP contribution in [0.3, 0.4) is 0 Å². The zero-order valence-electron chi connectivity index (χ0n) is 15.0. The highest BCUT2D eigenvalue weighted by Crippen LogP contribution is 2.44. The highest BCUT2D eigenvalue weighted by Gasteiger charge is 2.18. The number of aromatic nitrogens is 2. The molecule has 0 fully saturated rings. The monoisotopic (exact) mass is 354 g/mol. The minimum atomic E-state index is 1.04. The second kappa shape index (κ2) is 4.93. The Hall–Kier alpha value is -3.78. The van der Waals surface area contributed by atoms with Crippen LogP contribution in [0.15, 0.2) is 84.9 Å². The summed E-state index contributed by atoms with van der Waals surface area (Å²) in [6, 6.07) is 29.9. The lowest BCUT2D eigenvalue weighted by atomic mass is 9.89. The Bertz CT molecular complexity index is 1580. The van der Waals surface area contributed by atoms with Gasteiger partial charge >= 0.3 is 0 Å². The summed E-state index contributed by atoms with van der Waals surface area (Å²) < 4.78 is 0. The zero-order valence-corrected chi connectivity index (χ0v) is 15.0. The lowest BCUT2D eigenvalue weighted by molar-refractivity contribution is 1.50. The maximum atomic E-state index is 4.98. The third-order valence-electron chi connectivity index (χ3n) is 5.95. The van der Waals surface area contributed by atoms with Gasteiger partial charge in [-0.25, -0.2) is 9.97 Å². The van der Waals surface area contributed by atoms with E-state index >= 15 is 0 Å². The fraction of sp³-hybridized carbons (Fsp3) is 0. The van der Waals surface area contributed by atoms with Crippen LogP contribution in [0.5, 0.6) is 0 Å². The summed E-state index contributed by atoms with van der Waals surface area (Å²) in [7, 11) is 0. The molecule has 5 aromatic carbocycles. The van der Waals surface area contributed by atoms with Gasteiger partial charge in [0, 0.05) is 32.3 Å². The number of fused-ring (bicyclic) bond motifs is 6. The van der Waals surface area contributed by atoms with E-state index in [0.29, 0.717) is 0 Å². The summed E-state index contributed by atoms with van der Waals surface area (Å²) in [6.07, 6.45) is 0. The third kappa shape index (κ3) is 1.64. The van der Waals surface area contributed by atoms with E-state index in [2.05, 4.69) is 84.9 Å². The Kier molecular flexibility index (Phi) is 2.52. The van der Waals surface area contributed by atoms with E-state index in [0.717, 1.165) is 22.1 Å². The highest BCUT2D eigenvalue weighted by molar-refractivity contribution is 6.40. The molecule has 0 aliphatic carbocycles. The van der Waals surface area contributed by atoms with Crippen LogP contribution in [0.4, 0.5) is 0 Å². The predicted octanol–water partition coefficient (Wildman–Crippen LogP) is 6.83. The van der Waals surface area contributed by atoms with Gasteiger partial charge in [-0.1, -0.05) is 60.7 Å². The molecule has 0 atom stereocenters. The van der Waals surface area contributed by atoms with Crippen LogP contribution in [0.2, 0.25) is 0 Å². The van der Waals surface area contributed by atoms with E-state index in [9.17, 15) is 0 Å². The van der Waals surface area contributed by atoms with Crippen LogP contribution in [0, 0.1) is 0 Å². The van der Waals surface area contributed by atoms with E-state index in [1.807, 2.05) is 0 Å². The molecule has 0 bridgehead atoms. The lowest BCUT2D eigenvalue weighted by Gasteiger charge is -2.17. The Labute approximate surface area is 160 Å². The number of nitrogens with zero attached hydrogens (tertiary/aromatic N) is 2. The van der Waals surface area contributed by atoms with E-state index in [1.165, 1.54) is 43.1 Å². The second-order valence-corrected chi connectivity index (χ2v) is 7.41. The molecule has 0 spiro atoms. The Balaban J connectivity index is 1.98. The molecule has 0 aliphatic rings. The summed E-state index contributed by atoms with van der Waals surface area (Å²) in [5.41, 5.74) is 4.18. The first-order chi connectivity index (χ1) is 13.9. The van der Waals surface area contributed by atoms with Crippen LogP contribution >= 0.6 is 0 Å². The standard InChI is InChI=1S/C26H14N2/c1-3-11-19-15(7-1)23-17-9-5-14-22-26(17)24(16-8-2-4-12-20(16)28-22)18-10-6-13-21(27-19)25(18)23/h1-14H. The number of pyridine rings is 2. The van der Waals surface area contributed by atoms with Gasteiger partial charge in [0.05, 0.1) is 22.1 Å². The zero-order chi connectivity index (χ0) is 18.2. The number of para-hydroxylation sites is 2. The van der Waals surface area contributed by atoms with Gasteiger partial charge in [0.25, 0.3) is 0 Å². The van der Waals surface area contributed by atoms with E-state index in [4.69, 9.17) is 9.97 Å². The molecule has 0 radical (unpaired) electrons. The predicted molar refractivity (Wildman–Crippen MR) is 118 cm³/mol. The van der Waals surface area contributed by atoms with Crippen molar-refractivity contribution < 1.29 is 0 Å². The van der Waals surface area contributed by atoms with Crippen molar-refractivity contribution in [2.24, 2.45) is 0 Å². The molecule has 28 heavy (non-hydrogen) atoms. The van der Waals surface area contributed by atoms with Crippen LogP contribution < -0.4 is 0 Å². The van der Waals surface area contributed by atoms with Crippen molar-refractivity contribution >= 4 is 65.2 Å². The Morgan fingerprint density at radius 2 is 0.714 bits per heavy atom. The van der Waals surface area contributed by atoms with Crippen LogP contribution in [-0.4, -0.2) is 9.97 Å². The average molecular weight is 354 g/mol. The smallest absolute Gasteiger partial charge is 0.0722 e. The Morgan fingerprint density at radius 3 is 1.21 bits per heavy atom. The summed E-state index contributed by atoms with van der Waals surface area (Å²) in [5.74, 6) is 0. The van der Waals surface area contributed by atoms with E-state index in [-0.39, 0.29) is 0 Å². The van der Waals surface area contributed by atoms with Crippen molar-refractivity contribution in [2.45, 2.75) is 0 Å². The van der Waals surface area contributed by atoms with Crippen LogP contribution in [0.25, 0.3) is 65.2 Å². The molecule has 128 valence electrons. The maximum Gasteiger partial charge on any atom is 0.0722 e. The molecule has 0 amide bonds. The fourth-order valence-electron chi connectivity index (χ4n) is 4.86. The molecule has 7 aromatic rings. The minimum absolute atomic E-state index is 1.04. The molecule has 0 unspecified atom stereocenters. The summed E-state index contributed by atoms with van der Waals surface area (Å²) in [5, 5.41) is 9.98. The molecular weight excluding hydrogens is 340 g/mol. The van der Waals surface area contributed by atoms with Gasteiger partial charge < -0.3 is 0 Å². The van der Waals surface area contributed by atoms with E-state index in [1.54, 1.807) is 0 Å². The molecule has 2 aromatic heterocycles. The number of benzene rings is 5. The molecule has 2 nitrogen and oxygen atoms in total. The summed E-state index contributed by atoms with van der Waals surface area (Å²) in [4.78, 5) is 9.96. The molecule has 2 heterocycles. The van der Waals surface area contributed by atoms with Crippen molar-refractivity contribution in [1.82, 2.24) is 9.97 Å². The van der Waals surface area contributed by atoms with Crippen LogP contribution in [0.1, 0.15) is 0 Å². The number of hydrogen-bond acceptors (Lipinski definition) is 2. The summed E-state index contributed by atoms with van der Waals surface area (Å²) >= 11 is 0. The minimum Gasteiger partial charge on any atom is -0.248 e. The quantitative estimate of drug-likeness (QED) is 0.220. The largest absolute Gasteiger partial charge is 0.248 e. The summed E-state index contributed by atoms with van der Waals surface area (Å²) in [6.45, 7) is 0. The number of hydrogen-bond donors (Lipinski definition) is 0. The van der Waals surface area contributed by atoms with Gasteiger partial charge in [0.1, 0.15) is 0 Å². The van der Waals surface area contributed by atoms with Gasteiger partial charge in [0.2, 0.25) is 0 Å². The molecule has 0 N–H and O–H groups in total. The van der Waals surface area contributed by atoms with Gasteiger partial charge in [-0.05, 0) is 35.0 Å².